The highest BCUT2D eigenvalue weighted by Gasteiger charge is 2.52. The molecule has 0 amide bonds. The lowest BCUT2D eigenvalue weighted by Crippen LogP contribution is -2.41. The average molecular weight is 330 g/mol. The van der Waals surface area contributed by atoms with Crippen LogP contribution in [0.25, 0.3) is 6.08 Å². The Balaban J connectivity index is 2.26. The normalized spacial score (nSPS) is 19.5. The molecule has 0 aromatic heterocycles. The molecule has 0 aliphatic carbocycles. The van der Waals surface area contributed by atoms with Gasteiger partial charge in [0.05, 0.1) is 22.1 Å². The number of thiocarbonyl (C=S) groups is 1. The van der Waals surface area contributed by atoms with Crippen molar-refractivity contribution in [3.05, 3.63) is 35.3 Å². The quantitative estimate of drug-likeness (QED) is 0.508. The van der Waals surface area contributed by atoms with E-state index in [-0.39, 0.29) is 18.3 Å². The van der Waals surface area contributed by atoms with Gasteiger partial charge in [-0.1, -0.05) is 18.2 Å². The highest BCUT2D eigenvalue weighted by atomic mass is 32.1. The van der Waals surface area contributed by atoms with Crippen LogP contribution in [0.3, 0.4) is 0 Å². The molecule has 0 spiro atoms. The molecule has 0 bridgehead atoms. The number of rotatable bonds is 5. The number of hydrogen-bond acceptors (Lipinski definition) is 5. The molecule has 1 aliphatic rings. The standard InChI is InChI=1S/C17H23BN2O2S/c1-16(2)17(3,4)22-18(21-16)14(11-19-5)10-13-6-8-15(9-7-13)20-12-23/h6-10,19H,11H2,1-5H3. The Kier molecular flexibility index (Phi) is 5.55. The first-order valence-electron chi connectivity index (χ1n) is 7.68. The number of likely N-dealkylation sites (N-methyl/N-ethyl adjacent to an activating group) is 1. The molecule has 1 aromatic carbocycles. The minimum Gasteiger partial charge on any atom is -0.400 e. The van der Waals surface area contributed by atoms with E-state index in [2.05, 4.69) is 61.5 Å². The van der Waals surface area contributed by atoms with Crippen LogP contribution in [0.5, 0.6) is 0 Å². The summed E-state index contributed by atoms with van der Waals surface area (Å²) < 4.78 is 12.3. The van der Waals surface area contributed by atoms with Crippen molar-refractivity contribution < 1.29 is 9.31 Å². The van der Waals surface area contributed by atoms with Crippen molar-refractivity contribution in [2.75, 3.05) is 13.6 Å². The van der Waals surface area contributed by atoms with Gasteiger partial charge >= 0.3 is 7.12 Å². The van der Waals surface area contributed by atoms with Gasteiger partial charge in [0.1, 0.15) is 0 Å². The van der Waals surface area contributed by atoms with Crippen molar-refractivity contribution in [3.63, 3.8) is 0 Å². The molecule has 2 rings (SSSR count). The van der Waals surface area contributed by atoms with Gasteiger partial charge < -0.3 is 14.6 Å². The molecule has 1 aliphatic heterocycles. The minimum absolute atomic E-state index is 0.345. The van der Waals surface area contributed by atoms with E-state index in [4.69, 9.17) is 9.31 Å². The first-order chi connectivity index (χ1) is 10.8. The van der Waals surface area contributed by atoms with Crippen molar-refractivity contribution in [3.8, 4) is 0 Å². The molecule has 1 saturated heterocycles. The SMILES string of the molecule is CNCC(=Cc1ccc(N=C=S)cc1)B1OC(C)(C)C(C)(C)O1. The molecule has 0 saturated carbocycles. The maximum absolute atomic E-state index is 6.14. The predicted molar refractivity (Wildman–Crippen MR) is 99.1 cm³/mol. The molecule has 1 aromatic rings. The second-order valence-corrected chi connectivity index (χ2v) is 6.82. The minimum atomic E-state index is -0.355. The summed E-state index contributed by atoms with van der Waals surface area (Å²) >= 11 is 4.62. The number of hydrogen-bond donors (Lipinski definition) is 1. The second kappa shape index (κ2) is 7.08. The van der Waals surface area contributed by atoms with Crippen LogP contribution in [-0.4, -0.2) is 37.1 Å². The topological polar surface area (TPSA) is 42.9 Å². The molecule has 122 valence electrons. The van der Waals surface area contributed by atoms with Gasteiger partial charge in [-0.2, -0.15) is 4.99 Å². The van der Waals surface area contributed by atoms with Crippen molar-refractivity contribution in [1.82, 2.24) is 5.32 Å². The molecule has 0 atom stereocenters. The Morgan fingerprint density at radius 3 is 2.26 bits per heavy atom. The van der Waals surface area contributed by atoms with E-state index in [0.29, 0.717) is 6.54 Å². The Morgan fingerprint density at radius 2 is 1.78 bits per heavy atom. The maximum atomic E-state index is 6.14. The molecule has 1 heterocycles. The summed E-state index contributed by atoms with van der Waals surface area (Å²) in [5.41, 5.74) is 2.22. The molecule has 23 heavy (non-hydrogen) atoms. The molecule has 1 fully saturated rings. The van der Waals surface area contributed by atoms with E-state index in [9.17, 15) is 0 Å². The van der Waals surface area contributed by atoms with Crippen molar-refractivity contribution >= 4 is 36.3 Å². The van der Waals surface area contributed by atoms with E-state index < -0.39 is 0 Å². The summed E-state index contributed by atoms with van der Waals surface area (Å²) in [5.74, 6) is 0. The van der Waals surface area contributed by atoms with Gasteiger partial charge in [0.15, 0.2) is 0 Å². The molecular weight excluding hydrogens is 307 g/mol. The third-order valence-corrected chi connectivity index (χ3v) is 4.45. The van der Waals surface area contributed by atoms with E-state index in [1.165, 1.54) is 0 Å². The molecule has 0 radical (unpaired) electrons. The Labute approximate surface area is 144 Å². The van der Waals surface area contributed by atoms with Gasteiger partial charge in [0, 0.05) is 6.54 Å². The number of nitrogens with one attached hydrogen (secondary N) is 1. The highest BCUT2D eigenvalue weighted by molar-refractivity contribution is 7.78. The van der Waals surface area contributed by atoms with Gasteiger partial charge in [-0.25, -0.2) is 0 Å². The van der Waals surface area contributed by atoms with Gasteiger partial charge in [-0.05, 0) is 70.1 Å². The number of isothiocyanates is 1. The van der Waals surface area contributed by atoms with Gasteiger partial charge in [0.25, 0.3) is 0 Å². The fraction of sp³-hybridized carbons (Fsp3) is 0.471. The molecular formula is C17H23BN2O2S. The summed E-state index contributed by atoms with van der Waals surface area (Å²) in [5, 5.41) is 5.55. The van der Waals surface area contributed by atoms with Crippen molar-refractivity contribution in [2.24, 2.45) is 4.99 Å². The van der Waals surface area contributed by atoms with Crippen LogP contribution < -0.4 is 5.32 Å². The van der Waals surface area contributed by atoms with Crippen molar-refractivity contribution in [1.29, 1.82) is 0 Å². The summed E-state index contributed by atoms with van der Waals surface area (Å²) in [7, 11) is 1.56. The lowest BCUT2D eigenvalue weighted by atomic mass is 9.77. The van der Waals surface area contributed by atoms with Crippen molar-refractivity contribution in [2.45, 2.75) is 38.9 Å². The van der Waals surface area contributed by atoms with Crippen LogP contribution in [-0.2, 0) is 9.31 Å². The molecule has 4 nitrogen and oxygen atoms in total. The van der Waals surface area contributed by atoms with Crippen LogP contribution in [0.4, 0.5) is 5.69 Å². The summed E-state index contributed by atoms with van der Waals surface area (Å²) in [6, 6.07) is 7.80. The van der Waals surface area contributed by atoms with Crippen LogP contribution in [0.2, 0.25) is 0 Å². The number of aliphatic imine (C=N–C) groups is 1. The largest absolute Gasteiger partial charge is 0.491 e. The van der Waals surface area contributed by atoms with E-state index in [1.807, 2.05) is 31.3 Å². The smallest absolute Gasteiger partial charge is 0.400 e. The third-order valence-electron chi connectivity index (χ3n) is 4.36. The fourth-order valence-corrected chi connectivity index (χ4v) is 2.42. The monoisotopic (exact) mass is 330 g/mol. The highest BCUT2D eigenvalue weighted by Crippen LogP contribution is 2.38. The van der Waals surface area contributed by atoms with Crippen LogP contribution >= 0.6 is 12.2 Å². The van der Waals surface area contributed by atoms with Gasteiger partial charge in [0.2, 0.25) is 0 Å². The van der Waals surface area contributed by atoms with Crippen LogP contribution in [0, 0.1) is 0 Å². The first-order valence-corrected chi connectivity index (χ1v) is 8.08. The van der Waals surface area contributed by atoms with Crippen LogP contribution in [0.1, 0.15) is 33.3 Å². The van der Waals surface area contributed by atoms with Gasteiger partial charge in [-0.3, -0.25) is 0 Å². The summed E-state index contributed by atoms with van der Waals surface area (Å²) in [4.78, 5) is 3.96. The number of benzene rings is 1. The van der Waals surface area contributed by atoms with E-state index in [1.54, 1.807) is 0 Å². The Hall–Kier alpha value is -1.30. The summed E-state index contributed by atoms with van der Waals surface area (Å²) in [6.45, 7) is 8.92. The zero-order valence-electron chi connectivity index (χ0n) is 14.3. The second-order valence-electron chi connectivity index (χ2n) is 6.63. The Bertz CT molecular complexity index is 618. The van der Waals surface area contributed by atoms with Gasteiger partial charge in [-0.15, -0.1) is 0 Å². The molecule has 1 N–H and O–H groups in total. The fourth-order valence-electron chi connectivity index (χ4n) is 2.31. The van der Waals surface area contributed by atoms with Crippen LogP contribution in [0.15, 0.2) is 34.7 Å². The average Bonchev–Trinajstić information content (AvgIpc) is 2.69. The maximum Gasteiger partial charge on any atom is 0.491 e. The third kappa shape index (κ3) is 4.16. The lowest BCUT2D eigenvalue weighted by Gasteiger charge is -2.32. The van der Waals surface area contributed by atoms with E-state index >= 15 is 0 Å². The summed E-state index contributed by atoms with van der Waals surface area (Å²) in [6.07, 6.45) is 2.09. The zero-order valence-corrected chi connectivity index (χ0v) is 15.2. The first kappa shape index (κ1) is 18.0. The number of nitrogens with zero attached hydrogens (tertiary/aromatic N) is 1. The molecule has 6 heteroatoms. The lowest BCUT2D eigenvalue weighted by molar-refractivity contribution is 0.00578. The molecule has 0 unspecified atom stereocenters. The van der Waals surface area contributed by atoms with E-state index in [0.717, 1.165) is 16.7 Å². The Morgan fingerprint density at radius 1 is 1.22 bits per heavy atom. The zero-order chi connectivity index (χ0) is 17.1. The predicted octanol–water partition coefficient (Wildman–Crippen LogP) is 3.66.